The number of fused-ring (bicyclic) bond motifs is 3. The molecule has 4 rings (SSSR count). The van der Waals surface area contributed by atoms with Crippen molar-refractivity contribution in [3.63, 3.8) is 0 Å². The Kier molecular flexibility index (Phi) is 1.98. The largest absolute Gasteiger partial charge is 0.221 e. The number of rotatable bonds is 1. The molecule has 4 aromatic rings. The van der Waals surface area contributed by atoms with Crippen molar-refractivity contribution in [1.29, 1.82) is 0 Å². The fourth-order valence-corrected chi connectivity index (χ4v) is 3.29. The van der Waals surface area contributed by atoms with Crippen LogP contribution in [0.15, 0.2) is 54.9 Å². The molecular formula is C14H9N3S. The van der Waals surface area contributed by atoms with Crippen molar-refractivity contribution in [3.05, 3.63) is 54.9 Å². The van der Waals surface area contributed by atoms with Gasteiger partial charge in [-0.05, 0) is 24.3 Å². The number of nitrogens with zero attached hydrogens (tertiary/aromatic N) is 3. The number of thiophene rings is 1. The molecule has 0 aliphatic carbocycles. The molecule has 86 valence electrons. The first kappa shape index (κ1) is 9.79. The van der Waals surface area contributed by atoms with Crippen molar-refractivity contribution in [3.8, 4) is 5.69 Å². The Morgan fingerprint density at radius 1 is 0.944 bits per heavy atom. The summed E-state index contributed by atoms with van der Waals surface area (Å²) in [4.78, 5) is 0. The molecule has 0 bridgehead atoms. The summed E-state index contributed by atoms with van der Waals surface area (Å²) < 4.78 is 4.41. The lowest BCUT2D eigenvalue weighted by molar-refractivity contribution is 0.804. The van der Waals surface area contributed by atoms with E-state index in [1.54, 1.807) is 10.9 Å². The number of hydrogen-bond donors (Lipinski definition) is 0. The molecular weight excluding hydrogens is 242 g/mol. The summed E-state index contributed by atoms with van der Waals surface area (Å²) >= 11 is 1.82. The third-order valence-electron chi connectivity index (χ3n) is 3.05. The summed E-state index contributed by atoms with van der Waals surface area (Å²) in [6.07, 6.45) is 3.55. The van der Waals surface area contributed by atoms with E-state index in [9.17, 15) is 0 Å². The van der Waals surface area contributed by atoms with E-state index in [1.807, 2.05) is 17.5 Å². The molecule has 0 saturated heterocycles. The van der Waals surface area contributed by atoms with Gasteiger partial charge in [0.2, 0.25) is 0 Å². The van der Waals surface area contributed by atoms with Crippen molar-refractivity contribution < 1.29 is 0 Å². The van der Waals surface area contributed by atoms with E-state index in [1.165, 1.54) is 20.2 Å². The van der Waals surface area contributed by atoms with Crippen LogP contribution in [-0.4, -0.2) is 15.0 Å². The summed E-state index contributed by atoms with van der Waals surface area (Å²) in [6.45, 7) is 0. The quantitative estimate of drug-likeness (QED) is 0.517. The van der Waals surface area contributed by atoms with Crippen LogP contribution in [0.5, 0.6) is 0 Å². The van der Waals surface area contributed by atoms with Crippen molar-refractivity contribution in [1.82, 2.24) is 15.0 Å². The molecule has 0 atom stereocenters. The molecule has 0 aliphatic heterocycles. The average Bonchev–Trinajstić information content (AvgIpc) is 3.05. The van der Waals surface area contributed by atoms with Gasteiger partial charge >= 0.3 is 0 Å². The first-order chi connectivity index (χ1) is 8.92. The monoisotopic (exact) mass is 251 g/mol. The molecule has 0 N–H and O–H groups in total. The maximum Gasteiger partial charge on any atom is 0.0697 e. The Morgan fingerprint density at radius 3 is 2.72 bits per heavy atom. The predicted molar refractivity (Wildman–Crippen MR) is 74.2 cm³/mol. The highest BCUT2D eigenvalue weighted by atomic mass is 32.1. The van der Waals surface area contributed by atoms with Crippen molar-refractivity contribution in [2.24, 2.45) is 0 Å². The molecule has 2 aromatic carbocycles. The average molecular weight is 251 g/mol. The molecule has 0 spiro atoms. The van der Waals surface area contributed by atoms with Gasteiger partial charge < -0.3 is 0 Å². The Labute approximate surface area is 107 Å². The molecule has 4 heteroatoms. The molecule has 0 amide bonds. The summed E-state index contributed by atoms with van der Waals surface area (Å²) in [6, 6.07) is 14.9. The molecule has 18 heavy (non-hydrogen) atoms. The smallest absolute Gasteiger partial charge is 0.0697 e. The maximum atomic E-state index is 4.03. The van der Waals surface area contributed by atoms with E-state index in [0.717, 1.165) is 5.69 Å². The highest BCUT2D eigenvalue weighted by molar-refractivity contribution is 7.25. The Balaban J connectivity index is 2.07. The Bertz CT molecular complexity index is 831. The van der Waals surface area contributed by atoms with Crippen LogP contribution in [0.1, 0.15) is 0 Å². The van der Waals surface area contributed by atoms with Gasteiger partial charge in [0.25, 0.3) is 0 Å². The van der Waals surface area contributed by atoms with E-state index in [4.69, 9.17) is 0 Å². The van der Waals surface area contributed by atoms with Gasteiger partial charge in [0.05, 0.1) is 18.1 Å². The van der Waals surface area contributed by atoms with Crippen molar-refractivity contribution in [2.75, 3.05) is 0 Å². The summed E-state index contributed by atoms with van der Waals surface area (Å²) in [5.74, 6) is 0. The summed E-state index contributed by atoms with van der Waals surface area (Å²) in [7, 11) is 0. The zero-order chi connectivity index (χ0) is 11.9. The van der Waals surface area contributed by atoms with Gasteiger partial charge in [0.1, 0.15) is 0 Å². The Hall–Kier alpha value is -2.20. The Morgan fingerprint density at radius 2 is 1.83 bits per heavy atom. The molecule has 0 aliphatic rings. The van der Waals surface area contributed by atoms with E-state index >= 15 is 0 Å². The second kappa shape index (κ2) is 3.65. The lowest BCUT2D eigenvalue weighted by Crippen LogP contribution is -1.93. The normalized spacial score (nSPS) is 11.3. The van der Waals surface area contributed by atoms with Gasteiger partial charge in [0, 0.05) is 20.2 Å². The third-order valence-corrected chi connectivity index (χ3v) is 4.20. The van der Waals surface area contributed by atoms with E-state index < -0.39 is 0 Å². The summed E-state index contributed by atoms with van der Waals surface area (Å²) in [5.41, 5.74) is 1.04. The van der Waals surface area contributed by atoms with Crippen LogP contribution >= 0.6 is 11.3 Å². The molecule has 0 fully saturated rings. The van der Waals surface area contributed by atoms with Gasteiger partial charge in [-0.25, -0.2) is 4.68 Å². The van der Waals surface area contributed by atoms with E-state index in [0.29, 0.717) is 0 Å². The van der Waals surface area contributed by atoms with Gasteiger partial charge in [-0.3, -0.25) is 0 Å². The standard InChI is InChI=1S/C14H9N3S/c1-2-4-13-11(3-1)12-9-10(5-6-14(12)18-13)17-8-7-15-16-17/h1-9H. The van der Waals surface area contributed by atoms with Crippen molar-refractivity contribution >= 4 is 31.5 Å². The highest BCUT2D eigenvalue weighted by Crippen LogP contribution is 2.34. The number of hydrogen-bond acceptors (Lipinski definition) is 3. The zero-order valence-corrected chi connectivity index (χ0v) is 10.3. The third kappa shape index (κ3) is 1.36. The lowest BCUT2D eigenvalue weighted by Gasteiger charge is -2.00. The predicted octanol–water partition coefficient (Wildman–Crippen LogP) is 3.64. The van der Waals surface area contributed by atoms with Gasteiger partial charge in [-0.15, -0.1) is 16.4 Å². The van der Waals surface area contributed by atoms with Gasteiger partial charge in [-0.1, -0.05) is 23.4 Å². The second-order valence-electron chi connectivity index (χ2n) is 4.13. The molecule has 0 unspecified atom stereocenters. The van der Waals surface area contributed by atoms with E-state index in [2.05, 4.69) is 52.8 Å². The van der Waals surface area contributed by atoms with Crippen LogP contribution in [-0.2, 0) is 0 Å². The van der Waals surface area contributed by atoms with Gasteiger partial charge in [0.15, 0.2) is 0 Å². The van der Waals surface area contributed by atoms with Crippen LogP contribution in [0.25, 0.3) is 25.9 Å². The highest BCUT2D eigenvalue weighted by Gasteiger charge is 2.06. The minimum absolute atomic E-state index is 1.04. The van der Waals surface area contributed by atoms with E-state index in [-0.39, 0.29) is 0 Å². The van der Waals surface area contributed by atoms with Crippen LogP contribution in [0.2, 0.25) is 0 Å². The first-order valence-electron chi connectivity index (χ1n) is 5.70. The van der Waals surface area contributed by atoms with Gasteiger partial charge in [-0.2, -0.15) is 0 Å². The lowest BCUT2D eigenvalue weighted by atomic mass is 10.1. The second-order valence-corrected chi connectivity index (χ2v) is 5.21. The maximum absolute atomic E-state index is 4.03. The fraction of sp³-hybridized carbons (Fsp3) is 0. The minimum Gasteiger partial charge on any atom is -0.221 e. The van der Waals surface area contributed by atoms with Crippen LogP contribution < -0.4 is 0 Å². The molecule has 3 nitrogen and oxygen atoms in total. The minimum atomic E-state index is 1.04. The van der Waals surface area contributed by atoms with Crippen molar-refractivity contribution in [2.45, 2.75) is 0 Å². The van der Waals surface area contributed by atoms with Crippen LogP contribution in [0.4, 0.5) is 0 Å². The first-order valence-corrected chi connectivity index (χ1v) is 6.51. The topological polar surface area (TPSA) is 30.7 Å². The van der Waals surface area contributed by atoms with Crippen LogP contribution in [0.3, 0.4) is 0 Å². The van der Waals surface area contributed by atoms with Crippen LogP contribution in [0, 0.1) is 0 Å². The molecule has 2 heterocycles. The number of aromatic nitrogens is 3. The zero-order valence-electron chi connectivity index (χ0n) is 9.45. The SMILES string of the molecule is c1ccc2c(c1)sc1ccc(-n3ccnn3)cc12. The molecule has 2 aromatic heterocycles. The number of benzene rings is 2. The summed E-state index contributed by atoms with van der Waals surface area (Å²) in [5, 5.41) is 10.5. The molecule has 0 radical (unpaired) electrons. The molecule has 0 saturated carbocycles. The fourth-order valence-electron chi connectivity index (χ4n) is 2.20.